The number of aromatic nitrogens is 2. The van der Waals surface area contributed by atoms with E-state index in [2.05, 4.69) is 20.7 Å². The predicted octanol–water partition coefficient (Wildman–Crippen LogP) is 4.44. The Hall–Kier alpha value is -4.59. The van der Waals surface area contributed by atoms with Gasteiger partial charge >= 0.3 is 0 Å². The van der Waals surface area contributed by atoms with E-state index < -0.39 is 5.91 Å². The number of benzene rings is 3. The van der Waals surface area contributed by atoms with E-state index in [0.717, 1.165) is 22.4 Å². The molecular formula is C26H24N4O4. The Bertz CT molecular complexity index is 1270. The fourth-order valence-electron chi connectivity index (χ4n) is 3.21. The molecule has 0 radical (unpaired) electrons. The third-order valence-electron chi connectivity index (χ3n) is 5.01. The second-order valence-corrected chi connectivity index (χ2v) is 7.28. The minimum atomic E-state index is -0.404. The van der Waals surface area contributed by atoms with Crippen LogP contribution in [0.15, 0.2) is 84.0 Å². The highest BCUT2D eigenvalue weighted by Gasteiger charge is 2.11. The molecule has 34 heavy (non-hydrogen) atoms. The fourth-order valence-corrected chi connectivity index (χ4v) is 3.21. The van der Waals surface area contributed by atoms with Crippen molar-refractivity contribution in [2.75, 3.05) is 14.2 Å². The van der Waals surface area contributed by atoms with Gasteiger partial charge in [-0.2, -0.15) is 10.2 Å². The van der Waals surface area contributed by atoms with Crippen LogP contribution < -0.4 is 19.6 Å². The van der Waals surface area contributed by atoms with Crippen molar-refractivity contribution in [3.05, 3.63) is 95.7 Å². The molecule has 0 atom stereocenters. The smallest absolute Gasteiger partial charge is 0.289 e. The molecule has 0 unspecified atom stereocenters. The van der Waals surface area contributed by atoms with Gasteiger partial charge in [-0.1, -0.05) is 30.3 Å². The number of aromatic amines is 1. The van der Waals surface area contributed by atoms with Crippen molar-refractivity contribution in [3.63, 3.8) is 0 Å². The van der Waals surface area contributed by atoms with Gasteiger partial charge in [0, 0.05) is 5.56 Å². The summed E-state index contributed by atoms with van der Waals surface area (Å²) >= 11 is 0. The summed E-state index contributed by atoms with van der Waals surface area (Å²) in [4.78, 5) is 12.4. The highest BCUT2D eigenvalue weighted by atomic mass is 16.5. The zero-order valence-electron chi connectivity index (χ0n) is 18.8. The number of amides is 1. The lowest BCUT2D eigenvalue weighted by molar-refractivity contribution is 0.0950. The van der Waals surface area contributed by atoms with E-state index in [1.165, 1.54) is 6.21 Å². The van der Waals surface area contributed by atoms with Gasteiger partial charge < -0.3 is 14.2 Å². The number of H-pyrrole nitrogens is 1. The molecule has 2 N–H and O–H groups in total. The monoisotopic (exact) mass is 456 g/mol. The van der Waals surface area contributed by atoms with Crippen molar-refractivity contribution in [2.45, 2.75) is 6.61 Å². The Labute approximate surface area is 197 Å². The summed E-state index contributed by atoms with van der Waals surface area (Å²) in [7, 11) is 3.13. The minimum Gasteiger partial charge on any atom is -0.493 e. The third-order valence-corrected chi connectivity index (χ3v) is 5.01. The molecule has 0 spiro atoms. The van der Waals surface area contributed by atoms with Crippen LogP contribution in [0.2, 0.25) is 0 Å². The summed E-state index contributed by atoms with van der Waals surface area (Å²) in [5.74, 6) is 1.54. The van der Waals surface area contributed by atoms with Gasteiger partial charge in [0.15, 0.2) is 11.5 Å². The Morgan fingerprint density at radius 2 is 1.74 bits per heavy atom. The summed E-state index contributed by atoms with van der Waals surface area (Å²) in [6, 6.07) is 24.5. The second kappa shape index (κ2) is 10.8. The topological polar surface area (TPSA) is 97.8 Å². The molecule has 0 fully saturated rings. The Balaban J connectivity index is 1.34. The molecule has 0 saturated carbocycles. The van der Waals surface area contributed by atoms with Gasteiger partial charge in [-0.15, -0.1) is 0 Å². The molecular weight excluding hydrogens is 432 g/mol. The summed E-state index contributed by atoms with van der Waals surface area (Å²) in [5, 5.41) is 11.0. The summed E-state index contributed by atoms with van der Waals surface area (Å²) in [6.07, 6.45) is 1.52. The van der Waals surface area contributed by atoms with Crippen LogP contribution in [0.25, 0.3) is 11.3 Å². The number of hydrogen-bond donors (Lipinski definition) is 2. The van der Waals surface area contributed by atoms with Crippen LogP contribution in [0.4, 0.5) is 0 Å². The van der Waals surface area contributed by atoms with E-state index in [0.29, 0.717) is 29.5 Å². The predicted molar refractivity (Wildman–Crippen MR) is 129 cm³/mol. The average Bonchev–Trinajstić information content (AvgIpc) is 3.39. The summed E-state index contributed by atoms with van der Waals surface area (Å²) in [6.45, 7) is 0.497. The van der Waals surface area contributed by atoms with Crippen LogP contribution in [-0.2, 0) is 6.61 Å². The molecule has 1 aromatic heterocycles. The van der Waals surface area contributed by atoms with E-state index in [1.54, 1.807) is 38.5 Å². The first-order chi connectivity index (χ1) is 16.7. The van der Waals surface area contributed by atoms with Gasteiger partial charge in [0.2, 0.25) is 0 Å². The van der Waals surface area contributed by atoms with Crippen molar-refractivity contribution in [3.8, 4) is 28.5 Å². The van der Waals surface area contributed by atoms with Gasteiger partial charge in [-0.3, -0.25) is 9.89 Å². The number of nitrogens with zero attached hydrogens (tertiary/aromatic N) is 2. The number of methoxy groups -OCH3 is 2. The number of hydrogen-bond acceptors (Lipinski definition) is 6. The molecule has 0 aliphatic rings. The lowest BCUT2D eigenvalue weighted by Gasteiger charge is -2.07. The third kappa shape index (κ3) is 5.60. The fraction of sp³-hybridized carbons (Fsp3) is 0.115. The molecule has 0 saturated heterocycles. The second-order valence-electron chi connectivity index (χ2n) is 7.28. The molecule has 8 nitrogen and oxygen atoms in total. The SMILES string of the molecule is COc1ccc(/C=N/NC(=O)c2cc(-c3ccc(OCc4ccccc4)cc3)n[nH]2)cc1OC. The Kier molecular flexibility index (Phi) is 7.19. The summed E-state index contributed by atoms with van der Waals surface area (Å²) < 4.78 is 16.3. The van der Waals surface area contributed by atoms with Crippen molar-refractivity contribution in [1.82, 2.24) is 15.6 Å². The Morgan fingerprint density at radius 1 is 0.971 bits per heavy atom. The molecule has 0 aliphatic heterocycles. The molecule has 1 amide bonds. The largest absolute Gasteiger partial charge is 0.493 e. The zero-order valence-corrected chi connectivity index (χ0v) is 18.8. The van der Waals surface area contributed by atoms with Crippen LogP contribution in [0, 0.1) is 0 Å². The van der Waals surface area contributed by atoms with Crippen molar-refractivity contribution < 1.29 is 19.0 Å². The maximum atomic E-state index is 12.4. The van der Waals surface area contributed by atoms with E-state index in [-0.39, 0.29) is 0 Å². The molecule has 0 aliphatic carbocycles. The maximum Gasteiger partial charge on any atom is 0.289 e. The molecule has 8 heteroatoms. The van der Waals surface area contributed by atoms with Crippen LogP contribution >= 0.6 is 0 Å². The number of ether oxygens (including phenoxy) is 3. The minimum absolute atomic E-state index is 0.295. The molecule has 4 aromatic rings. The first kappa shape index (κ1) is 22.6. The number of carbonyl (C=O) groups excluding carboxylic acids is 1. The van der Waals surface area contributed by atoms with Gasteiger partial charge in [0.25, 0.3) is 5.91 Å². The van der Waals surface area contributed by atoms with Crippen LogP contribution in [0.5, 0.6) is 17.2 Å². The van der Waals surface area contributed by atoms with Crippen molar-refractivity contribution >= 4 is 12.1 Å². The normalized spacial score (nSPS) is 10.8. The van der Waals surface area contributed by atoms with Crippen LogP contribution in [-0.4, -0.2) is 36.5 Å². The quantitative estimate of drug-likeness (QED) is 0.287. The highest BCUT2D eigenvalue weighted by Crippen LogP contribution is 2.27. The molecule has 4 rings (SSSR count). The molecule has 1 heterocycles. The van der Waals surface area contributed by atoms with Crippen molar-refractivity contribution in [1.29, 1.82) is 0 Å². The maximum absolute atomic E-state index is 12.4. The number of rotatable bonds is 9. The Morgan fingerprint density at radius 3 is 2.47 bits per heavy atom. The van der Waals surface area contributed by atoms with E-state index in [4.69, 9.17) is 14.2 Å². The standard InChI is InChI=1S/C26H24N4O4/c1-32-24-13-8-19(14-25(24)33-2)16-27-30-26(31)23-15-22(28-29-23)20-9-11-21(12-10-20)34-17-18-6-4-3-5-7-18/h3-16H,17H2,1-2H3,(H,28,29)(H,30,31)/b27-16+. The van der Waals surface area contributed by atoms with Crippen LogP contribution in [0.1, 0.15) is 21.6 Å². The molecule has 3 aromatic carbocycles. The highest BCUT2D eigenvalue weighted by molar-refractivity contribution is 5.94. The first-order valence-electron chi connectivity index (χ1n) is 10.5. The van der Waals surface area contributed by atoms with Gasteiger partial charge in [0.1, 0.15) is 18.1 Å². The van der Waals surface area contributed by atoms with E-state index in [9.17, 15) is 4.79 Å². The summed E-state index contributed by atoms with van der Waals surface area (Å²) in [5.41, 5.74) is 6.13. The lowest BCUT2D eigenvalue weighted by Crippen LogP contribution is -2.18. The van der Waals surface area contributed by atoms with Gasteiger partial charge in [0.05, 0.1) is 26.1 Å². The number of carbonyl (C=O) groups is 1. The zero-order chi connectivity index (χ0) is 23.8. The van der Waals surface area contributed by atoms with Gasteiger partial charge in [-0.25, -0.2) is 5.43 Å². The number of hydrazone groups is 1. The first-order valence-corrected chi connectivity index (χ1v) is 10.5. The van der Waals surface area contributed by atoms with Crippen molar-refractivity contribution in [2.24, 2.45) is 5.10 Å². The lowest BCUT2D eigenvalue weighted by atomic mass is 10.1. The molecule has 0 bridgehead atoms. The average molecular weight is 457 g/mol. The molecule has 172 valence electrons. The number of nitrogens with one attached hydrogen (secondary N) is 2. The van der Waals surface area contributed by atoms with E-state index >= 15 is 0 Å². The van der Waals surface area contributed by atoms with E-state index in [1.807, 2.05) is 54.6 Å². The van der Waals surface area contributed by atoms with Gasteiger partial charge in [-0.05, 0) is 59.7 Å². The van der Waals surface area contributed by atoms with Crippen LogP contribution in [0.3, 0.4) is 0 Å².